The van der Waals surface area contributed by atoms with Crippen molar-refractivity contribution in [2.24, 2.45) is 0 Å². The molecule has 49 heavy (non-hydrogen) atoms. The van der Waals surface area contributed by atoms with E-state index >= 15 is 4.39 Å². The van der Waals surface area contributed by atoms with E-state index in [1.807, 2.05) is 6.92 Å². The van der Waals surface area contributed by atoms with Crippen molar-refractivity contribution in [3.05, 3.63) is 53.6 Å². The van der Waals surface area contributed by atoms with Gasteiger partial charge >= 0.3 is 6.09 Å². The van der Waals surface area contributed by atoms with Crippen LogP contribution in [-0.2, 0) is 19.3 Å². The average molecular weight is 691 g/mol. The number of pyridine rings is 1. The molecule has 3 aromatic rings. The topological polar surface area (TPSA) is 132 Å². The zero-order valence-corrected chi connectivity index (χ0v) is 30.9. The highest BCUT2D eigenvalue weighted by molar-refractivity contribution is 6.74. The Morgan fingerprint density at radius 3 is 2.55 bits per heavy atom. The normalized spacial score (nSPS) is 18.5. The number of ether oxygens (including phenoxy) is 3. The van der Waals surface area contributed by atoms with Crippen LogP contribution in [0.4, 0.5) is 26.5 Å². The lowest BCUT2D eigenvalue weighted by atomic mass is 9.83. The van der Waals surface area contributed by atoms with Crippen molar-refractivity contribution in [1.82, 2.24) is 15.0 Å². The lowest BCUT2D eigenvalue weighted by Crippen LogP contribution is -2.46. The van der Waals surface area contributed by atoms with Crippen molar-refractivity contribution in [1.29, 1.82) is 5.26 Å². The molecule has 1 amide bonds. The second kappa shape index (κ2) is 13.6. The third-order valence-electron chi connectivity index (χ3n) is 9.31. The first-order valence-electron chi connectivity index (χ1n) is 16.6. The summed E-state index contributed by atoms with van der Waals surface area (Å²) in [6.07, 6.45) is 3.61. The van der Waals surface area contributed by atoms with E-state index in [0.717, 1.165) is 19.0 Å². The van der Waals surface area contributed by atoms with Crippen LogP contribution in [0.5, 0.6) is 5.88 Å². The van der Waals surface area contributed by atoms with Gasteiger partial charge in [0.15, 0.2) is 14.1 Å². The monoisotopic (exact) mass is 690 g/mol. The third-order valence-corrected chi connectivity index (χ3v) is 13.8. The lowest BCUT2D eigenvalue weighted by molar-refractivity contribution is 0.0240. The number of carbonyl (C=O) groups is 1. The van der Waals surface area contributed by atoms with E-state index < -0.39 is 31.2 Å². The van der Waals surface area contributed by atoms with Gasteiger partial charge in [-0.15, -0.1) is 0 Å². The summed E-state index contributed by atoms with van der Waals surface area (Å²) in [6.45, 7) is 20.0. The van der Waals surface area contributed by atoms with Crippen LogP contribution in [0.1, 0.15) is 72.4 Å². The van der Waals surface area contributed by atoms with Crippen molar-refractivity contribution in [3.8, 4) is 23.2 Å². The highest BCUT2D eigenvalue weighted by Crippen LogP contribution is 2.47. The number of aromatic nitrogens is 3. The molecule has 11 nitrogen and oxygen atoms in total. The fraction of sp³-hybridized carbons (Fsp3) is 0.528. The maximum absolute atomic E-state index is 15.6. The van der Waals surface area contributed by atoms with Gasteiger partial charge in [-0.05, 0) is 68.7 Å². The molecule has 2 aliphatic heterocycles. The van der Waals surface area contributed by atoms with E-state index in [9.17, 15) is 10.1 Å². The molecule has 4 heterocycles. The highest BCUT2D eigenvalue weighted by atomic mass is 28.4. The number of nitrogens with zero attached hydrogens (tertiary/aromatic N) is 5. The number of amides is 1. The van der Waals surface area contributed by atoms with Crippen LogP contribution in [0.2, 0.25) is 18.1 Å². The van der Waals surface area contributed by atoms with Gasteiger partial charge in [-0.25, -0.2) is 24.1 Å². The Hall–Kier alpha value is -4.12. The average Bonchev–Trinajstić information content (AvgIpc) is 3.33. The first kappa shape index (κ1) is 36.2. The molecule has 13 heteroatoms. The summed E-state index contributed by atoms with van der Waals surface area (Å²) in [5.74, 6) is -0.159. The number of nitriles is 1. The SMILES string of the molecule is CC(C)(C)OC(=O)N1CC(C)(CO[Si](C)(C)C(C)(C)C)c2cc(-c3nc(Nc4cccnc4OC4CCOCC4)ncc3F)cc(C#N)c21. The van der Waals surface area contributed by atoms with Crippen LogP contribution >= 0.6 is 0 Å². The van der Waals surface area contributed by atoms with E-state index in [1.54, 1.807) is 51.2 Å². The van der Waals surface area contributed by atoms with Crippen LogP contribution in [0.25, 0.3) is 11.3 Å². The molecule has 1 unspecified atom stereocenters. The van der Waals surface area contributed by atoms with Crippen molar-refractivity contribution in [3.63, 3.8) is 0 Å². The number of hydrogen-bond acceptors (Lipinski definition) is 10. The van der Waals surface area contributed by atoms with Crippen LogP contribution in [0.15, 0.2) is 36.7 Å². The minimum absolute atomic E-state index is 0.00373. The molecule has 0 saturated carbocycles. The molecule has 262 valence electrons. The molecule has 5 rings (SSSR count). The number of hydrogen-bond donors (Lipinski definition) is 1. The van der Waals surface area contributed by atoms with E-state index in [0.29, 0.717) is 48.2 Å². The van der Waals surface area contributed by atoms with Crippen LogP contribution in [0, 0.1) is 17.1 Å². The third kappa shape index (κ3) is 8.03. The summed E-state index contributed by atoms with van der Waals surface area (Å²) in [5.41, 5.74) is 0.711. The van der Waals surface area contributed by atoms with E-state index in [-0.39, 0.29) is 34.9 Å². The Labute approximate surface area is 289 Å². The molecular weight excluding hydrogens is 644 g/mol. The fourth-order valence-corrected chi connectivity index (χ4v) is 6.67. The highest BCUT2D eigenvalue weighted by Gasteiger charge is 2.47. The van der Waals surface area contributed by atoms with Gasteiger partial charge in [0.05, 0.1) is 30.7 Å². The minimum atomic E-state index is -2.21. The molecule has 1 N–H and O–H groups in total. The van der Waals surface area contributed by atoms with Crippen LogP contribution in [-0.4, -0.2) is 67.4 Å². The molecule has 2 aromatic heterocycles. The summed E-state index contributed by atoms with van der Waals surface area (Å²) in [7, 11) is -2.21. The van der Waals surface area contributed by atoms with Gasteiger partial charge in [0.2, 0.25) is 11.8 Å². The summed E-state index contributed by atoms with van der Waals surface area (Å²) >= 11 is 0. The second-order valence-corrected chi connectivity index (χ2v) is 20.3. The number of anilines is 3. The largest absolute Gasteiger partial charge is 0.473 e. The maximum Gasteiger partial charge on any atom is 0.414 e. The van der Waals surface area contributed by atoms with E-state index in [1.165, 1.54) is 4.90 Å². The Bertz CT molecular complexity index is 1750. The summed E-state index contributed by atoms with van der Waals surface area (Å²) in [5, 5.41) is 13.5. The summed E-state index contributed by atoms with van der Waals surface area (Å²) in [4.78, 5) is 28.2. The van der Waals surface area contributed by atoms with Gasteiger partial charge in [0.1, 0.15) is 29.2 Å². The second-order valence-electron chi connectivity index (χ2n) is 15.5. The van der Waals surface area contributed by atoms with Crippen molar-refractivity contribution in [2.75, 3.05) is 36.6 Å². The molecule has 0 aliphatic carbocycles. The molecular formula is C36H47FN6O5Si. The lowest BCUT2D eigenvalue weighted by Gasteiger charge is -2.39. The Kier molecular flexibility index (Phi) is 10.1. The maximum atomic E-state index is 15.6. The number of carbonyl (C=O) groups excluding carboxylic acids is 1. The van der Waals surface area contributed by atoms with Crippen molar-refractivity contribution < 1.29 is 27.8 Å². The van der Waals surface area contributed by atoms with Crippen molar-refractivity contribution >= 4 is 31.7 Å². The molecule has 1 fully saturated rings. The quantitative estimate of drug-likeness (QED) is 0.233. The van der Waals surface area contributed by atoms with Gasteiger partial charge < -0.3 is 24.0 Å². The molecule has 1 atom stereocenters. The van der Waals surface area contributed by atoms with Crippen LogP contribution < -0.4 is 15.0 Å². The van der Waals surface area contributed by atoms with E-state index in [2.05, 4.69) is 60.2 Å². The van der Waals surface area contributed by atoms with Gasteiger partial charge in [0, 0.05) is 43.2 Å². The molecule has 0 bridgehead atoms. The first-order valence-corrected chi connectivity index (χ1v) is 19.5. The standard InChI is InChI=1S/C36H47FN6O5Si/c1-34(2,3)48-33(44)43-21-36(7,22-46-49(8,9)35(4,5)6)26-18-23(17-24(19-38)30(26)43)29-27(37)20-40-32(42-29)41-28-11-10-14-39-31(28)47-25-12-15-45-16-13-25/h10-11,14,17-18,20,25H,12-13,15-16,21-22H2,1-9H3,(H,40,41,42). The molecule has 2 aliphatic rings. The van der Waals surface area contributed by atoms with Gasteiger partial charge in [-0.1, -0.05) is 27.7 Å². The van der Waals surface area contributed by atoms with Gasteiger partial charge in [-0.3, -0.25) is 4.90 Å². The zero-order valence-electron chi connectivity index (χ0n) is 29.9. The van der Waals surface area contributed by atoms with Crippen molar-refractivity contribution in [2.45, 2.75) is 96.6 Å². The molecule has 0 spiro atoms. The Morgan fingerprint density at radius 2 is 1.90 bits per heavy atom. The molecule has 1 saturated heterocycles. The number of halogens is 1. The Morgan fingerprint density at radius 1 is 1.18 bits per heavy atom. The number of benzene rings is 1. The predicted octanol–water partition coefficient (Wildman–Crippen LogP) is 7.89. The zero-order chi connectivity index (χ0) is 35.8. The number of nitrogens with one attached hydrogen (secondary N) is 1. The Balaban J connectivity index is 1.54. The van der Waals surface area contributed by atoms with Gasteiger partial charge in [-0.2, -0.15) is 5.26 Å². The predicted molar refractivity (Wildman–Crippen MR) is 188 cm³/mol. The number of rotatable bonds is 8. The van der Waals surface area contributed by atoms with Gasteiger partial charge in [0.25, 0.3) is 0 Å². The number of fused-ring (bicyclic) bond motifs is 1. The first-order chi connectivity index (χ1) is 22.9. The van der Waals surface area contributed by atoms with E-state index in [4.69, 9.17) is 18.6 Å². The smallest absolute Gasteiger partial charge is 0.414 e. The summed E-state index contributed by atoms with van der Waals surface area (Å²) < 4.78 is 39.7. The summed E-state index contributed by atoms with van der Waals surface area (Å²) in [6, 6.07) is 9.14. The fourth-order valence-electron chi connectivity index (χ4n) is 5.55. The molecule has 0 radical (unpaired) electrons. The van der Waals surface area contributed by atoms with Crippen LogP contribution in [0.3, 0.4) is 0 Å². The molecule has 1 aromatic carbocycles. The minimum Gasteiger partial charge on any atom is -0.473 e.